The van der Waals surface area contributed by atoms with Crippen LogP contribution in [0.15, 0.2) is 18.3 Å². The maximum atomic E-state index is 11.2. The molecule has 0 unspecified atom stereocenters. The molecule has 3 rings (SSSR count). The molecule has 5 N–H and O–H groups in total. The molecule has 0 saturated carbocycles. The van der Waals surface area contributed by atoms with Gasteiger partial charge in [0.15, 0.2) is 0 Å². The molecule has 130 valence electrons. The van der Waals surface area contributed by atoms with Crippen molar-refractivity contribution in [2.45, 2.75) is 13.3 Å². The van der Waals surface area contributed by atoms with Gasteiger partial charge in [0.1, 0.15) is 16.6 Å². The predicted octanol–water partition coefficient (Wildman–Crippen LogP) is 1.81. The van der Waals surface area contributed by atoms with Crippen LogP contribution in [-0.2, 0) is 6.42 Å². The van der Waals surface area contributed by atoms with Crippen molar-refractivity contribution in [1.82, 2.24) is 19.4 Å². The molecule has 0 radical (unpaired) electrons. The maximum absolute atomic E-state index is 11.2. The third-order valence-electron chi connectivity index (χ3n) is 3.52. The number of nitro groups is 1. The van der Waals surface area contributed by atoms with Crippen molar-refractivity contribution in [2.24, 2.45) is 0 Å². The number of pyridine rings is 1. The highest BCUT2D eigenvalue weighted by molar-refractivity contribution is 6.29. The van der Waals surface area contributed by atoms with E-state index >= 15 is 0 Å². The van der Waals surface area contributed by atoms with Gasteiger partial charge in [-0.05, 0) is 19.4 Å². The van der Waals surface area contributed by atoms with E-state index in [1.54, 1.807) is 10.5 Å². The number of nitrogens with one attached hydrogen (secondary N) is 1. The van der Waals surface area contributed by atoms with Crippen LogP contribution >= 0.6 is 11.6 Å². The second-order valence-corrected chi connectivity index (χ2v) is 5.77. The van der Waals surface area contributed by atoms with E-state index < -0.39 is 4.92 Å². The number of anilines is 3. The summed E-state index contributed by atoms with van der Waals surface area (Å²) >= 11 is 6.00. The standard InChI is InChI=1S/C14H15ClN8O2/c1-7-6-22-11(19-7)5-9(15)20-14(22)18-3-2-8-4-10(16)21-13(17)12(8)23(24)25/h4-6H,2-3H2,1H3,(H,18,20)(H4,16,17,21). The summed E-state index contributed by atoms with van der Waals surface area (Å²) in [6, 6.07) is 3.09. The minimum atomic E-state index is -0.563. The van der Waals surface area contributed by atoms with Crippen LogP contribution in [0.5, 0.6) is 0 Å². The zero-order chi connectivity index (χ0) is 18.1. The summed E-state index contributed by atoms with van der Waals surface area (Å²) in [6.07, 6.45) is 2.11. The molecule has 25 heavy (non-hydrogen) atoms. The molecule has 0 aromatic carbocycles. The highest BCUT2D eigenvalue weighted by atomic mass is 35.5. The predicted molar refractivity (Wildman–Crippen MR) is 94.6 cm³/mol. The van der Waals surface area contributed by atoms with Gasteiger partial charge in [-0.1, -0.05) is 11.6 Å². The van der Waals surface area contributed by atoms with E-state index in [4.69, 9.17) is 23.1 Å². The Morgan fingerprint density at radius 3 is 2.80 bits per heavy atom. The lowest BCUT2D eigenvalue weighted by Gasteiger charge is -2.09. The van der Waals surface area contributed by atoms with Crippen LogP contribution in [0.2, 0.25) is 5.15 Å². The minimum Gasteiger partial charge on any atom is -0.384 e. The lowest BCUT2D eigenvalue weighted by Crippen LogP contribution is -2.12. The summed E-state index contributed by atoms with van der Waals surface area (Å²) in [5.41, 5.74) is 12.9. The molecule has 3 aromatic rings. The van der Waals surface area contributed by atoms with Crippen molar-refractivity contribution in [3.8, 4) is 0 Å². The molecule has 0 atom stereocenters. The fraction of sp³-hybridized carbons (Fsp3) is 0.214. The molecule has 0 aliphatic carbocycles. The van der Waals surface area contributed by atoms with E-state index in [0.717, 1.165) is 5.69 Å². The first-order chi connectivity index (χ1) is 11.8. The molecule has 11 heteroatoms. The fourth-order valence-electron chi connectivity index (χ4n) is 2.55. The van der Waals surface area contributed by atoms with Crippen molar-refractivity contribution in [1.29, 1.82) is 0 Å². The summed E-state index contributed by atoms with van der Waals surface area (Å²) in [4.78, 5) is 22.9. The Morgan fingerprint density at radius 2 is 2.08 bits per heavy atom. The van der Waals surface area contributed by atoms with E-state index in [1.165, 1.54) is 6.07 Å². The molecular formula is C14H15ClN8O2. The number of hydrogen-bond acceptors (Lipinski definition) is 8. The number of rotatable bonds is 5. The van der Waals surface area contributed by atoms with E-state index in [1.807, 2.05) is 13.1 Å². The Kier molecular flexibility index (Phi) is 4.28. The summed E-state index contributed by atoms with van der Waals surface area (Å²) in [7, 11) is 0. The number of hydrogen-bond donors (Lipinski definition) is 3. The number of nitrogens with zero attached hydrogens (tertiary/aromatic N) is 5. The Morgan fingerprint density at radius 1 is 1.32 bits per heavy atom. The smallest absolute Gasteiger partial charge is 0.314 e. The lowest BCUT2D eigenvalue weighted by atomic mass is 10.1. The quantitative estimate of drug-likeness (QED) is 0.353. The number of aromatic nitrogens is 4. The Bertz CT molecular complexity index is 971. The van der Waals surface area contributed by atoms with Gasteiger partial charge >= 0.3 is 5.69 Å². The topological polar surface area (TPSA) is 150 Å². The van der Waals surface area contributed by atoms with Gasteiger partial charge < -0.3 is 16.8 Å². The largest absolute Gasteiger partial charge is 0.384 e. The first-order valence-corrected chi connectivity index (χ1v) is 7.68. The SMILES string of the molecule is Cc1cn2c(NCCc3cc(N)nc(N)c3[N+](=O)[O-])nc(Cl)cc2n1. The maximum Gasteiger partial charge on any atom is 0.314 e. The number of fused-ring (bicyclic) bond motifs is 1. The molecule has 3 aromatic heterocycles. The number of nitrogen functional groups attached to an aromatic ring is 2. The highest BCUT2D eigenvalue weighted by Crippen LogP contribution is 2.26. The monoisotopic (exact) mass is 362 g/mol. The fourth-order valence-corrected chi connectivity index (χ4v) is 2.73. The zero-order valence-electron chi connectivity index (χ0n) is 13.2. The number of halogens is 1. The van der Waals surface area contributed by atoms with Crippen molar-refractivity contribution >= 4 is 40.5 Å². The molecule has 0 spiro atoms. The second-order valence-electron chi connectivity index (χ2n) is 5.39. The summed E-state index contributed by atoms with van der Waals surface area (Å²) in [6.45, 7) is 2.21. The Balaban J connectivity index is 1.84. The van der Waals surface area contributed by atoms with Crippen LogP contribution in [0.1, 0.15) is 11.3 Å². The van der Waals surface area contributed by atoms with E-state index in [2.05, 4.69) is 20.3 Å². The van der Waals surface area contributed by atoms with Crippen molar-refractivity contribution < 1.29 is 4.92 Å². The third kappa shape index (κ3) is 3.38. The van der Waals surface area contributed by atoms with E-state index in [9.17, 15) is 10.1 Å². The molecule has 0 aliphatic rings. The summed E-state index contributed by atoms with van der Waals surface area (Å²) < 4.78 is 1.75. The van der Waals surface area contributed by atoms with Crippen LogP contribution in [0.25, 0.3) is 5.65 Å². The van der Waals surface area contributed by atoms with Crippen LogP contribution in [0.3, 0.4) is 0 Å². The Hall–Kier alpha value is -3.14. The molecule has 3 heterocycles. The van der Waals surface area contributed by atoms with E-state index in [-0.39, 0.29) is 17.3 Å². The molecular weight excluding hydrogens is 348 g/mol. The van der Waals surface area contributed by atoms with Gasteiger partial charge in [0, 0.05) is 24.4 Å². The first kappa shape index (κ1) is 16.7. The lowest BCUT2D eigenvalue weighted by molar-refractivity contribution is -0.384. The first-order valence-electron chi connectivity index (χ1n) is 7.30. The van der Waals surface area contributed by atoms with Gasteiger partial charge in [0.05, 0.1) is 10.6 Å². The summed E-state index contributed by atoms with van der Waals surface area (Å²) in [5.74, 6) is 0.417. The minimum absolute atomic E-state index is 0.131. The van der Waals surface area contributed by atoms with Crippen molar-refractivity contribution in [2.75, 3.05) is 23.3 Å². The average Bonchev–Trinajstić information content (AvgIpc) is 2.86. The third-order valence-corrected chi connectivity index (χ3v) is 3.71. The number of imidazole rings is 1. The van der Waals surface area contributed by atoms with Crippen LogP contribution in [0, 0.1) is 17.0 Å². The van der Waals surface area contributed by atoms with Gasteiger partial charge in [0.25, 0.3) is 0 Å². The highest BCUT2D eigenvalue weighted by Gasteiger charge is 2.20. The van der Waals surface area contributed by atoms with Gasteiger partial charge in [-0.15, -0.1) is 0 Å². The molecule has 10 nitrogen and oxygen atoms in total. The van der Waals surface area contributed by atoms with Crippen molar-refractivity contribution in [3.05, 3.63) is 44.9 Å². The molecule has 0 aliphatic heterocycles. The van der Waals surface area contributed by atoms with Gasteiger partial charge in [-0.2, -0.15) is 0 Å². The zero-order valence-corrected chi connectivity index (χ0v) is 14.0. The number of aryl methyl sites for hydroxylation is 1. The van der Waals surface area contributed by atoms with Crippen LogP contribution in [0.4, 0.5) is 23.3 Å². The summed E-state index contributed by atoms with van der Waals surface area (Å²) in [5, 5.41) is 14.6. The van der Waals surface area contributed by atoms with Gasteiger partial charge in [-0.3, -0.25) is 14.5 Å². The second kappa shape index (κ2) is 6.40. The normalized spacial score (nSPS) is 11.0. The molecule has 0 amide bonds. The molecule has 0 bridgehead atoms. The van der Waals surface area contributed by atoms with Gasteiger partial charge in [0.2, 0.25) is 11.8 Å². The molecule has 0 fully saturated rings. The van der Waals surface area contributed by atoms with E-state index in [0.29, 0.717) is 35.3 Å². The van der Waals surface area contributed by atoms with Crippen LogP contribution < -0.4 is 16.8 Å². The average molecular weight is 363 g/mol. The van der Waals surface area contributed by atoms with Gasteiger partial charge in [-0.25, -0.2) is 15.0 Å². The Labute approximate surface area is 147 Å². The number of nitrogens with two attached hydrogens (primary N) is 2. The van der Waals surface area contributed by atoms with Crippen LogP contribution in [-0.4, -0.2) is 30.8 Å². The van der Waals surface area contributed by atoms with Crippen molar-refractivity contribution in [3.63, 3.8) is 0 Å². The molecule has 0 saturated heterocycles.